The molecule has 0 radical (unpaired) electrons. The summed E-state index contributed by atoms with van der Waals surface area (Å²) in [5.74, 6) is 0.434. The fraction of sp³-hybridized carbons (Fsp3) is 0.350. The third kappa shape index (κ3) is 2.36. The topological polar surface area (TPSA) is 32.3 Å². The van der Waals surface area contributed by atoms with Crippen molar-refractivity contribution < 1.29 is 4.79 Å². The Morgan fingerprint density at radius 2 is 1.48 bits per heavy atom. The van der Waals surface area contributed by atoms with Gasteiger partial charge in [-0.2, -0.15) is 0 Å². The number of carbonyl (C=O) groups excluding carboxylic acids is 1. The van der Waals surface area contributed by atoms with Crippen LogP contribution in [0, 0.1) is 5.92 Å². The second kappa shape index (κ2) is 5.82. The van der Waals surface area contributed by atoms with Gasteiger partial charge in [-0.1, -0.05) is 48.5 Å². The third-order valence-electron chi connectivity index (χ3n) is 5.22. The smallest absolute Gasteiger partial charge is 0.226 e. The fourth-order valence-electron chi connectivity index (χ4n) is 4.03. The van der Waals surface area contributed by atoms with Crippen LogP contribution in [-0.4, -0.2) is 30.9 Å². The van der Waals surface area contributed by atoms with E-state index in [-0.39, 0.29) is 17.9 Å². The van der Waals surface area contributed by atoms with Crippen LogP contribution in [0.5, 0.6) is 0 Å². The van der Waals surface area contributed by atoms with Crippen molar-refractivity contribution in [2.45, 2.75) is 18.9 Å². The Kier molecular flexibility index (Phi) is 3.66. The van der Waals surface area contributed by atoms with Crippen molar-refractivity contribution in [1.29, 1.82) is 0 Å². The van der Waals surface area contributed by atoms with Gasteiger partial charge < -0.3 is 10.2 Å². The summed E-state index contributed by atoms with van der Waals surface area (Å²) in [4.78, 5) is 15.0. The van der Waals surface area contributed by atoms with E-state index in [2.05, 4.69) is 53.8 Å². The Balaban J connectivity index is 1.71. The first kappa shape index (κ1) is 14.5. The van der Waals surface area contributed by atoms with Crippen LogP contribution in [0.1, 0.15) is 30.0 Å². The predicted molar refractivity (Wildman–Crippen MR) is 92.1 cm³/mol. The van der Waals surface area contributed by atoms with E-state index >= 15 is 0 Å². The summed E-state index contributed by atoms with van der Waals surface area (Å²) in [6.45, 7) is 1.89. The van der Waals surface area contributed by atoms with E-state index in [4.69, 9.17) is 0 Å². The van der Waals surface area contributed by atoms with Gasteiger partial charge in [-0.15, -0.1) is 0 Å². The minimum absolute atomic E-state index is 0.0461. The number of hydrogen-bond acceptors (Lipinski definition) is 2. The quantitative estimate of drug-likeness (QED) is 0.924. The predicted octanol–water partition coefficient (Wildman–Crippen LogP) is 3.21. The average Bonchev–Trinajstić information content (AvgIpc) is 2.96. The van der Waals surface area contributed by atoms with Crippen LogP contribution in [0.25, 0.3) is 11.1 Å². The lowest BCUT2D eigenvalue weighted by molar-refractivity contribution is -0.136. The summed E-state index contributed by atoms with van der Waals surface area (Å²) in [6.07, 6.45) is 1.89. The summed E-state index contributed by atoms with van der Waals surface area (Å²) in [5.41, 5.74) is 5.02. The van der Waals surface area contributed by atoms with Crippen molar-refractivity contribution in [1.82, 2.24) is 10.2 Å². The molecule has 1 N–H and O–H groups in total. The highest BCUT2D eigenvalue weighted by molar-refractivity contribution is 5.84. The van der Waals surface area contributed by atoms with E-state index in [9.17, 15) is 4.79 Å². The van der Waals surface area contributed by atoms with E-state index in [0.29, 0.717) is 0 Å². The van der Waals surface area contributed by atoms with E-state index in [1.807, 2.05) is 11.9 Å². The van der Waals surface area contributed by atoms with Gasteiger partial charge in [0.15, 0.2) is 0 Å². The highest BCUT2D eigenvalue weighted by atomic mass is 16.2. The molecule has 0 atom stereocenters. The Hall–Kier alpha value is -2.13. The molecule has 0 spiro atoms. The lowest BCUT2D eigenvalue weighted by Crippen LogP contribution is -2.40. The summed E-state index contributed by atoms with van der Waals surface area (Å²) in [7, 11) is 1.97. The van der Waals surface area contributed by atoms with Crippen molar-refractivity contribution in [3.05, 3.63) is 59.7 Å². The molecule has 0 aromatic heterocycles. The maximum atomic E-state index is 13.0. The molecule has 0 saturated carbocycles. The first-order valence-corrected chi connectivity index (χ1v) is 8.43. The van der Waals surface area contributed by atoms with Gasteiger partial charge in [0.2, 0.25) is 5.91 Å². The molecule has 1 heterocycles. The SMILES string of the molecule is CN(C(=O)C1CCNCC1)C1c2ccccc2-c2ccccc21. The van der Waals surface area contributed by atoms with Gasteiger partial charge in [0, 0.05) is 13.0 Å². The van der Waals surface area contributed by atoms with Crippen molar-refractivity contribution in [2.75, 3.05) is 20.1 Å². The highest BCUT2D eigenvalue weighted by Crippen LogP contribution is 2.46. The largest absolute Gasteiger partial charge is 0.334 e. The van der Waals surface area contributed by atoms with Gasteiger partial charge in [0.05, 0.1) is 6.04 Å². The number of rotatable bonds is 2. The van der Waals surface area contributed by atoms with E-state index in [1.54, 1.807) is 0 Å². The molecule has 118 valence electrons. The minimum atomic E-state index is 0.0461. The molecule has 1 saturated heterocycles. The average molecular weight is 306 g/mol. The zero-order valence-electron chi connectivity index (χ0n) is 13.5. The normalized spacial score (nSPS) is 17.6. The zero-order valence-corrected chi connectivity index (χ0v) is 13.5. The van der Waals surface area contributed by atoms with Gasteiger partial charge in [0.25, 0.3) is 0 Å². The van der Waals surface area contributed by atoms with Gasteiger partial charge in [-0.3, -0.25) is 4.79 Å². The van der Waals surface area contributed by atoms with Crippen molar-refractivity contribution in [2.24, 2.45) is 5.92 Å². The number of nitrogens with zero attached hydrogens (tertiary/aromatic N) is 1. The van der Waals surface area contributed by atoms with Gasteiger partial charge in [0.1, 0.15) is 0 Å². The molecule has 2 aromatic carbocycles. The molecular weight excluding hydrogens is 284 g/mol. The van der Waals surface area contributed by atoms with Crippen LogP contribution in [0.15, 0.2) is 48.5 Å². The summed E-state index contributed by atoms with van der Waals surface area (Å²) < 4.78 is 0. The molecule has 23 heavy (non-hydrogen) atoms. The number of piperidine rings is 1. The molecule has 3 nitrogen and oxygen atoms in total. The highest BCUT2D eigenvalue weighted by Gasteiger charge is 2.35. The Bertz CT molecular complexity index is 688. The number of nitrogens with one attached hydrogen (secondary N) is 1. The summed E-state index contributed by atoms with van der Waals surface area (Å²) in [6, 6.07) is 17.0. The maximum Gasteiger partial charge on any atom is 0.226 e. The second-order valence-corrected chi connectivity index (χ2v) is 6.55. The molecule has 1 aliphatic heterocycles. The van der Waals surface area contributed by atoms with E-state index in [1.165, 1.54) is 22.3 Å². The molecule has 2 aliphatic rings. The fourth-order valence-corrected chi connectivity index (χ4v) is 4.03. The monoisotopic (exact) mass is 306 g/mol. The van der Waals surface area contributed by atoms with Crippen molar-refractivity contribution in [3.63, 3.8) is 0 Å². The molecule has 0 unspecified atom stereocenters. The second-order valence-electron chi connectivity index (χ2n) is 6.55. The lowest BCUT2D eigenvalue weighted by Gasteiger charge is -2.32. The van der Waals surface area contributed by atoms with Crippen molar-refractivity contribution in [3.8, 4) is 11.1 Å². The first-order valence-electron chi connectivity index (χ1n) is 8.43. The molecule has 1 fully saturated rings. The van der Waals surface area contributed by atoms with Crippen LogP contribution in [0.3, 0.4) is 0 Å². The molecule has 4 rings (SSSR count). The van der Waals surface area contributed by atoms with E-state index < -0.39 is 0 Å². The van der Waals surface area contributed by atoms with Gasteiger partial charge in [-0.25, -0.2) is 0 Å². The third-order valence-corrected chi connectivity index (χ3v) is 5.22. The first-order chi connectivity index (χ1) is 11.3. The van der Waals surface area contributed by atoms with Crippen LogP contribution < -0.4 is 5.32 Å². The number of benzene rings is 2. The maximum absolute atomic E-state index is 13.0. The molecule has 0 bridgehead atoms. The zero-order chi connectivity index (χ0) is 15.8. The number of carbonyl (C=O) groups is 1. The van der Waals surface area contributed by atoms with Gasteiger partial charge >= 0.3 is 0 Å². The Labute approximate surface area is 137 Å². The van der Waals surface area contributed by atoms with Gasteiger partial charge in [-0.05, 0) is 48.2 Å². The molecule has 1 amide bonds. The Morgan fingerprint density at radius 3 is 2.04 bits per heavy atom. The van der Waals surface area contributed by atoms with E-state index in [0.717, 1.165) is 25.9 Å². The summed E-state index contributed by atoms with van der Waals surface area (Å²) >= 11 is 0. The molecule has 2 aromatic rings. The Morgan fingerprint density at radius 1 is 0.957 bits per heavy atom. The summed E-state index contributed by atoms with van der Waals surface area (Å²) in [5, 5.41) is 3.34. The van der Waals surface area contributed by atoms with Crippen molar-refractivity contribution >= 4 is 5.91 Å². The lowest BCUT2D eigenvalue weighted by atomic mass is 9.94. The van der Waals surface area contributed by atoms with Crippen LogP contribution in [0.2, 0.25) is 0 Å². The number of hydrogen-bond donors (Lipinski definition) is 1. The molecule has 3 heteroatoms. The minimum Gasteiger partial charge on any atom is -0.334 e. The van der Waals surface area contributed by atoms with Crippen LogP contribution in [0.4, 0.5) is 0 Å². The number of amides is 1. The molecular formula is C20H22N2O. The van der Waals surface area contributed by atoms with Crippen LogP contribution in [-0.2, 0) is 4.79 Å². The standard InChI is InChI=1S/C20H22N2O/c1-22(20(23)14-10-12-21-13-11-14)19-17-8-4-2-6-15(17)16-7-3-5-9-18(16)19/h2-9,14,19,21H,10-13H2,1H3. The number of fused-ring (bicyclic) bond motifs is 3. The molecule has 1 aliphatic carbocycles. The van der Waals surface area contributed by atoms with Crippen LogP contribution >= 0.6 is 0 Å².